The summed E-state index contributed by atoms with van der Waals surface area (Å²) >= 11 is 6.24. The Morgan fingerprint density at radius 2 is 1.50 bits per heavy atom. The first-order valence-corrected chi connectivity index (χ1v) is 16.1. The van der Waals surface area contributed by atoms with Crippen LogP contribution in [-0.4, -0.2) is 44.3 Å². The highest BCUT2D eigenvalue weighted by atomic mass is 35.5. The molecule has 0 saturated carbocycles. The molecule has 1 atom stereocenters. The number of anilines is 1. The molecule has 0 bridgehead atoms. The summed E-state index contributed by atoms with van der Waals surface area (Å²) < 4.78 is 43.9. The fourth-order valence-corrected chi connectivity index (χ4v) is 6.28. The Labute approximate surface area is 263 Å². The summed E-state index contributed by atoms with van der Waals surface area (Å²) in [5.41, 5.74) is 1.15. The maximum absolute atomic E-state index is 15.0. The molecule has 4 aromatic carbocycles. The van der Waals surface area contributed by atoms with Crippen molar-refractivity contribution in [2.75, 3.05) is 17.4 Å². The van der Waals surface area contributed by atoms with Crippen LogP contribution in [0.15, 0.2) is 114 Å². The molecule has 0 saturated heterocycles. The predicted molar refractivity (Wildman–Crippen MR) is 171 cm³/mol. The molecule has 44 heavy (non-hydrogen) atoms. The molecule has 0 aliphatic heterocycles. The monoisotopic (exact) mass is 635 g/mol. The Morgan fingerprint density at radius 1 is 0.864 bits per heavy atom. The summed E-state index contributed by atoms with van der Waals surface area (Å²) in [5, 5.41) is 3.19. The maximum Gasteiger partial charge on any atom is 0.264 e. The molecule has 10 heteroatoms. The highest BCUT2D eigenvalue weighted by molar-refractivity contribution is 7.92. The standard InChI is InChI=1S/C34H35ClFN3O4S/c1-25(2)22-37-34(41)32(20-26-12-5-3-6-13-26)38(23-27-14-9-10-19-31(27)36)33(40)24-39(29-16-11-15-28(35)21-29)44(42,43)30-17-7-4-8-18-30/h3-19,21,25,32H,20,22-24H2,1-2H3,(H,37,41)/t32-/m0/s1. The van der Waals surface area contributed by atoms with E-state index in [1.54, 1.807) is 36.4 Å². The molecule has 0 aromatic heterocycles. The second-order valence-electron chi connectivity index (χ2n) is 10.8. The summed E-state index contributed by atoms with van der Waals surface area (Å²) in [7, 11) is -4.25. The van der Waals surface area contributed by atoms with E-state index >= 15 is 0 Å². The number of rotatable bonds is 13. The van der Waals surface area contributed by atoms with Crippen LogP contribution in [0.25, 0.3) is 0 Å². The molecule has 0 heterocycles. The van der Waals surface area contributed by atoms with Gasteiger partial charge in [0, 0.05) is 30.1 Å². The van der Waals surface area contributed by atoms with Gasteiger partial charge in [-0.05, 0) is 47.9 Å². The molecule has 0 unspecified atom stereocenters. The first kappa shape index (κ1) is 32.7. The lowest BCUT2D eigenvalue weighted by Gasteiger charge is -2.34. The summed E-state index contributed by atoms with van der Waals surface area (Å²) in [5.74, 6) is -1.52. The van der Waals surface area contributed by atoms with Gasteiger partial charge in [0.25, 0.3) is 10.0 Å². The van der Waals surface area contributed by atoms with Gasteiger partial charge in [0.05, 0.1) is 10.6 Å². The molecule has 4 rings (SSSR count). The van der Waals surface area contributed by atoms with Gasteiger partial charge in [-0.3, -0.25) is 13.9 Å². The Bertz CT molecular complexity index is 1670. The lowest BCUT2D eigenvalue weighted by molar-refractivity contribution is -0.140. The van der Waals surface area contributed by atoms with Crippen molar-refractivity contribution in [2.45, 2.75) is 37.8 Å². The zero-order valence-electron chi connectivity index (χ0n) is 24.6. The number of carbonyl (C=O) groups is 2. The van der Waals surface area contributed by atoms with E-state index in [1.165, 1.54) is 47.4 Å². The first-order valence-electron chi connectivity index (χ1n) is 14.2. The molecule has 4 aromatic rings. The minimum atomic E-state index is -4.25. The summed E-state index contributed by atoms with van der Waals surface area (Å²) in [6.45, 7) is 3.35. The molecule has 1 N–H and O–H groups in total. The molecule has 230 valence electrons. The Morgan fingerprint density at radius 3 is 2.14 bits per heavy atom. The molecular weight excluding hydrogens is 601 g/mol. The van der Waals surface area contributed by atoms with Gasteiger partial charge in [-0.2, -0.15) is 0 Å². The number of halogens is 2. The van der Waals surface area contributed by atoms with Crippen LogP contribution in [0.4, 0.5) is 10.1 Å². The second-order valence-corrected chi connectivity index (χ2v) is 13.1. The highest BCUT2D eigenvalue weighted by Gasteiger charge is 2.35. The van der Waals surface area contributed by atoms with Gasteiger partial charge < -0.3 is 10.2 Å². The molecule has 0 spiro atoms. The van der Waals surface area contributed by atoms with Crippen LogP contribution in [0, 0.1) is 11.7 Å². The number of sulfonamides is 1. The topological polar surface area (TPSA) is 86.8 Å². The number of hydrogen-bond acceptors (Lipinski definition) is 4. The molecule has 0 fully saturated rings. The number of amides is 2. The van der Waals surface area contributed by atoms with E-state index in [0.29, 0.717) is 6.54 Å². The normalized spacial score (nSPS) is 12.0. The van der Waals surface area contributed by atoms with Crippen LogP contribution in [0.5, 0.6) is 0 Å². The van der Waals surface area contributed by atoms with Gasteiger partial charge in [0.1, 0.15) is 18.4 Å². The average molecular weight is 636 g/mol. The van der Waals surface area contributed by atoms with E-state index in [9.17, 15) is 22.4 Å². The minimum absolute atomic E-state index is 0.0241. The van der Waals surface area contributed by atoms with Gasteiger partial charge in [-0.1, -0.05) is 98.2 Å². The third-order valence-corrected chi connectivity index (χ3v) is 8.98. The van der Waals surface area contributed by atoms with E-state index in [-0.39, 0.29) is 40.1 Å². The van der Waals surface area contributed by atoms with Gasteiger partial charge >= 0.3 is 0 Å². The smallest absolute Gasteiger partial charge is 0.264 e. The Kier molecular flexibility index (Phi) is 11.1. The van der Waals surface area contributed by atoms with E-state index in [2.05, 4.69) is 5.32 Å². The van der Waals surface area contributed by atoms with Gasteiger partial charge in [-0.25, -0.2) is 12.8 Å². The van der Waals surface area contributed by atoms with Gasteiger partial charge in [-0.15, -0.1) is 0 Å². The number of nitrogens with one attached hydrogen (secondary N) is 1. The minimum Gasteiger partial charge on any atom is -0.354 e. The zero-order valence-corrected chi connectivity index (χ0v) is 26.1. The molecule has 7 nitrogen and oxygen atoms in total. The van der Waals surface area contributed by atoms with Crippen LogP contribution in [-0.2, 0) is 32.6 Å². The summed E-state index contributed by atoms with van der Waals surface area (Å²) in [6, 6.07) is 28.0. The number of carbonyl (C=O) groups excluding carboxylic acids is 2. The summed E-state index contributed by atoms with van der Waals surface area (Å²) in [4.78, 5) is 29.3. The molecule has 0 radical (unpaired) electrons. The Hall–Kier alpha value is -4.21. The van der Waals surface area contributed by atoms with Gasteiger partial charge in [0.2, 0.25) is 11.8 Å². The van der Waals surface area contributed by atoms with Crippen molar-refractivity contribution in [2.24, 2.45) is 5.92 Å². The maximum atomic E-state index is 15.0. The predicted octanol–water partition coefficient (Wildman–Crippen LogP) is 6.09. The van der Waals surface area contributed by atoms with Crippen LogP contribution in [0.3, 0.4) is 0 Å². The highest BCUT2D eigenvalue weighted by Crippen LogP contribution is 2.27. The lowest BCUT2D eigenvalue weighted by atomic mass is 10.0. The molecular formula is C34H35ClFN3O4S. The fraction of sp³-hybridized carbons (Fsp3) is 0.235. The quantitative estimate of drug-likeness (QED) is 0.193. The average Bonchev–Trinajstić information content (AvgIpc) is 3.02. The first-order chi connectivity index (χ1) is 21.1. The van der Waals surface area contributed by atoms with Crippen molar-refractivity contribution in [3.8, 4) is 0 Å². The number of benzene rings is 4. The van der Waals surface area contributed by atoms with E-state index < -0.39 is 40.2 Å². The second kappa shape index (κ2) is 15.0. The number of nitrogens with zero attached hydrogens (tertiary/aromatic N) is 2. The van der Waals surface area contributed by atoms with Crippen LogP contribution >= 0.6 is 11.6 Å². The van der Waals surface area contributed by atoms with Gasteiger partial charge in [0.15, 0.2) is 0 Å². The van der Waals surface area contributed by atoms with E-state index in [0.717, 1.165) is 9.87 Å². The molecule has 0 aliphatic rings. The van der Waals surface area contributed by atoms with Crippen molar-refractivity contribution < 1.29 is 22.4 Å². The van der Waals surface area contributed by atoms with Crippen molar-refractivity contribution >= 4 is 39.1 Å². The molecule has 2 amide bonds. The SMILES string of the molecule is CC(C)CNC(=O)[C@H](Cc1ccccc1)N(Cc1ccccc1F)C(=O)CN(c1cccc(Cl)c1)S(=O)(=O)c1ccccc1. The van der Waals surface area contributed by atoms with Crippen molar-refractivity contribution in [1.29, 1.82) is 0 Å². The van der Waals surface area contributed by atoms with Crippen molar-refractivity contribution in [3.63, 3.8) is 0 Å². The lowest BCUT2D eigenvalue weighted by Crippen LogP contribution is -2.53. The van der Waals surface area contributed by atoms with Crippen LogP contribution < -0.4 is 9.62 Å². The fourth-order valence-electron chi connectivity index (χ4n) is 4.67. The zero-order chi connectivity index (χ0) is 31.7. The number of hydrogen-bond donors (Lipinski definition) is 1. The molecule has 0 aliphatic carbocycles. The van der Waals surface area contributed by atoms with E-state index in [4.69, 9.17) is 11.6 Å². The summed E-state index contributed by atoms with van der Waals surface area (Å²) in [6.07, 6.45) is 0.133. The van der Waals surface area contributed by atoms with Crippen LogP contribution in [0.1, 0.15) is 25.0 Å². The third kappa shape index (κ3) is 8.45. The largest absolute Gasteiger partial charge is 0.354 e. The van der Waals surface area contributed by atoms with Crippen molar-refractivity contribution in [1.82, 2.24) is 10.2 Å². The third-order valence-electron chi connectivity index (χ3n) is 6.96. The Balaban J connectivity index is 1.80. The van der Waals surface area contributed by atoms with Crippen molar-refractivity contribution in [3.05, 3.63) is 131 Å². The van der Waals surface area contributed by atoms with E-state index in [1.807, 2.05) is 44.2 Å². The van der Waals surface area contributed by atoms with Crippen LogP contribution in [0.2, 0.25) is 5.02 Å².